The molecule has 2 N–H and O–H groups in total. The lowest BCUT2D eigenvalue weighted by molar-refractivity contribution is -0.0312. The standard InChI is InChI=1S/C28H34N2O7S2/c1-38(32,33)26-8-4-7-25(16-26)36-20-24(31)18-29-23-17-28(37-19-23)11-13-30(14-12-28)39(34,35)27-10-9-21-5-2-3-6-22(21)15-27/h2-10,15-16,23-24,29,31H,11-14,17-20H2,1H3/t23-,24?/m1/s1. The Hall–Kier alpha value is -2.54. The van der Waals surface area contributed by atoms with E-state index in [-0.39, 0.29) is 23.1 Å². The zero-order valence-electron chi connectivity index (χ0n) is 21.8. The maximum Gasteiger partial charge on any atom is 0.243 e. The van der Waals surface area contributed by atoms with Crippen molar-refractivity contribution in [3.63, 3.8) is 0 Å². The van der Waals surface area contributed by atoms with Gasteiger partial charge in [0.25, 0.3) is 0 Å². The number of aliphatic hydroxyl groups is 1. The number of sulfonamides is 1. The van der Waals surface area contributed by atoms with Crippen LogP contribution in [0, 0.1) is 0 Å². The summed E-state index contributed by atoms with van der Waals surface area (Å²) in [5.41, 5.74) is -0.374. The van der Waals surface area contributed by atoms with Crippen LogP contribution in [0.4, 0.5) is 0 Å². The first kappa shape index (κ1) is 28.0. The van der Waals surface area contributed by atoms with E-state index >= 15 is 0 Å². The van der Waals surface area contributed by atoms with Crippen molar-refractivity contribution >= 4 is 30.6 Å². The molecule has 2 saturated heterocycles. The second-order valence-corrected chi connectivity index (χ2v) is 14.4. The van der Waals surface area contributed by atoms with Gasteiger partial charge >= 0.3 is 0 Å². The van der Waals surface area contributed by atoms with E-state index in [1.807, 2.05) is 30.3 Å². The summed E-state index contributed by atoms with van der Waals surface area (Å²) in [6, 6.07) is 19.2. The van der Waals surface area contributed by atoms with Gasteiger partial charge in [0.2, 0.25) is 10.0 Å². The first-order valence-electron chi connectivity index (χ1n) is 13.0. The van der Waals surface area contributed by atoms with Crippen LogP contribution in [0.2, 0.25) is 0 Å². The molecule has 0 aliphatic carbocycles. The average Bonchev–Trinajstić information content (AvgIpc) is 3.32. The SMILES string of the molecule is CS(=O)(=O)c1cccc(OCC(O)CN[C@H]2COC3(CCN(S(=O)(=O)c4ccc5ccccc5c4)CC3)C2)c1. The van der Waals surface area contributed by atoms with Crippen molar-refractivity contribution in [2.45, 2.75) is 46.8 Å². The topological polar surface area (TPSA) is 122 Å². The van der Waals surface area contributed by atoms with Crippen molar-refractivity contribution in [3.05, 3.63) is 66.7 Å². The lowest BCUT2D eigenvalue weighted by atomic mass is 9.88. The Morgan fingerprint density at radius 3 is 2.49 bits per heavy atom. The van der Waals surface area contributed by atoms with Gasteiger partial charge in [-0.25, -0.2) is 16.8 Å². The van der Waals surface area contributed by atoms with Crippen molar-refractivity contribution in [1.29, 1.82) is 0 Å². The molecule has 2 aliphatic rings. The third kappa shape index (κ3) is 6.45. The van der Waals surface area contributed by atoms with Crippen LogP contribution in [-0.4, -0.2) is 83.1 Å². The number of nitrogens with one attached hydrogen (secondary N) is 1. The zero-order valence-corrected chi connectivity index (χ0v) is 23.5. The summed E-state index contributed by atoms with van der Waals surface area (Å²) >= 11 is 0. The van der Waals surface area contributed by atoms with E-state index in [9.17, 15) is 21.9 Å². The average molecular weight is 575 g/mol. The molecule has 2 atom stereocenters. The van der Waals surface area contributed by atoms with E-state index in [4.69, 9.17) is 9.47 Å². The maximum atomic E-state index is 13.3. The van der Waals surface area contributed by atoms with Gasteiger partial charge < -0.3 is 19.9 Å². The van der Waals surface area contributed by atoms with E-state index in [0.717, 1.165) is 23.4 Å². The molecule has 0 bridgehead atoms. The highest BCUT2D eigenvalue weighted by Crippen LogP contribution is 2.37. The molecule has 1 unspecified atom stereocenters. The Morgan fingerprint density at radius 2 is 1.74 bits per heavy atom. The third-order valence-electron chi connectivity index (χ3n) is 7.52. The highest BCUT2D eigenvalue weighted by atomic mass is 32.2. The van der Waals surface area contributed by atoms with Gasteiger partial charge in [0, 0.05) is 31.9 Å². The molecule has 1 spiro atoms. The fraction of sp³-hybridized carbons (Fsp3) is 0.429. The van der Waals surface area contributed by atoms with Crippen LogP contribution in [-0.2, 0) is 24.6 Å². The van der Waals surface area contributed by atoms with Gasteiger partial charge in [-0.2, -0.15) is 4.31 Å². The lowest BCUT2D eigenvalue weighted by Crippen LogP contribution is -2.47. The van der Waals surface area contributed by atoms with Gasteiger partial charge in [0.05, 0.1) is 22.0 Å². The number of rotatable bonds is 9. The van der Waals surface area contributed by atoms with Crippen molar-refractivity contribution in [2.75, 3.05) is 39.1 Å². The van der Waals surface area contributed by atoms with Gasteiger partial charge in [-0.15, -0.1) is 0 Å². The number of piperidine rings is 1. The number of hydrogen-bond acceptors (Lipinski definition) is 8. The zero-order chi connectivity index (χ0) is 27.7. The molecule has 11 heteroatoms. The van der Waals surface area contributed by atoms with Gasteiger partial charge in [0.1, 0.15) is 18.5 Å². The number of benzene rings is 3. The van der Waals surface area contributed by atoms with Gasteiger partial charge in [0.15, 0.2) is 9.84 Å². The highest BCUT2D eigenvalue weighted by molar-refractivity contribution is 7.90. The second-order valence-electron chi connectivity index (χ2n) is 10.4. The third-order valence-corrected chi connectivity index (χ3v) is 10.5. The van der Waals surface area contributed by atoms with E-state index < -0.39 is 26.0 Å². The number of aliphatic hydroxyl groups excluding tert-OH is 1. The predicted molar refractivity (Wildman–Crippen MR) is 148 cm³/mol. The number of hydrogen-bond donors (Lipinski definition) is 2. The Kier molecular flexibility index (Phi) is 8.01. The summed E-state index contributed by atoms with van der Waals surface area (Å²) < 4.78 is 63.4. The molecule has 0 radical (unpaired) electrons. The summed E-state index contributed by atoms with van der Waals surface area (Å²) in [5, 5.41) is 15.6. The highest BCUT2D eigenvalue weighted by Gasteiger charge is 2.44. The van der Waals surface area contributed by atoms with Crippen LogP contribution in [0.1, 0.15) is 19.3 Å². The molecule has 210 valence electrons. The van der Waals surface area contributed by atoms with Gasteiger partial charge in [-0.1, -0.05) is 36.4 Å². The minimum atomic E-state index is -3.59. The molecule has 0 saturated carbocycles. The smallest absolute Gasteiger partial charge is 0.243 e. The number of fused-ring (bicyclic) bond motifs is 1. The first-order chi connectivity index (χ1) is 18.5. The molecule has 5 rings (SSSR count). The number of ether oxygens (including phenoxy) is 2. The van der Waals surface area contributed by atoms with E-state index in [0.29, 0.717) is 49.7 Å². The summed E-state index contributed by atoms with van der Waals surface area (Å²) in [6.07, 6.45) is 2.30. The second kappa shape index (κ2) is 11.1. The van der Waals surface area contributed by atoms with Crippen LogP contribution < -0.4 is 10.1 Å². The molecule has 2 aliphatic heterocycles. The molecular weight excluding hydrogens is 540 g/mol. The molecule has 9 nitrogen and oxygen atoms in total. The minimum Gasteiger partial charge on any atom is -0.491 e. The summed E-state index contributed by atoms with van der Waals surface area (Å²) in [5.74, 6) is 0.380. The Morgan fingerprint density at radius 1 is 1.00 bits per heavy atom. The van der Waals surface area contributed by atoms with Crippen molar-refractivity contribution in [3.8, 4) is 5.75 Å². The van der Waals surface area contributed by atoms with Crippen LogP contribution >= 0.6 is 0 Å². The van der Waals surface area contributed by atoms with Crippen LogP contribution in [0.3, 0.4) is 0 Å². The summed E-state index contributed by atoms with van der Waals surface area (Å²) in [7, 11) is -6.93. The molecule has 2 heterocycles. The Bertz CT molecular complexity index is 1530. The number of sulfone groups is 1. The molecule has 0 amide bonds. The maximum absolute atomic E-state index is 13.3. The first-order valence-corrected chi connectivity index (χ1v) is 16.3. The van der Waals surface area contributed by atoms with Crippen molar-refractivity contribution < 1.29 is 31.4 Å². The van der Waals surface area contributed by atoms with E-state index in [2.05, 4.69) is 5.32 Å². The molecular formula is C28H34N2O7S2. The summed E-state index contributed by atoms with van der Waals surface area (Å²) in [6.45, 7) is 1.58. The number of nitrogens with zero attached hydrogens (tertiary/aromatic N) is 1. The summed E-state index contributed by atoms with van der Waals surface area (Å²) in [4.78, 5) is 0.473. The van der Waals surface area contributed by atoms with Crippen molar-refractivity contribution in [1.82, 2.24) is 9.62 Å². The van der Waals surface area contributed by atoms with Crippen molar-refractivity contribution in [2.24, 2.45) is 0 Å². The molecule has 2 fully saturated rings. The fourth-order valence-corrected chi connectivity index (χ4v) is 7.42. The molecule has 0 aromatic heterocycles. The van der Waals surface area contributed by atoms with Crippen LogP contribution in [0.5, 0.6) is 5.75 Å². The quantitative estimate of drug-likeness (QED) is 0.400. The predicted octanol–water partition coefficient (Wildman–Crippen LogP) is 2.59. The van der Waals surface area contributed by atoms with E-state index in [1.165, 1.54) is 12.1 Å². The Balaban J connectivity index is 1.10. The largest absolute Gasteiger partial charge is 0.491 e. The Labute approximate surface area is 229 Å². The van der Waals surface area contributed by atoms with E-state index in [1.54, 1.807) is 28.6 Å². The lowest BCUT2D eigenvalue weighted by Gasteiger charge is -2.38. The monoisotopic (exact) mass is 574 g/mol. The van der Waals surface area contributed by atoms with Gasteiger partial charge in [-0.05, 0) is 60.4 Å². The fourth-order valence-electron chi connectivity index (χ4n) is 5.28. The van der Waals surface area contributed by atoms with Gasteiger partial charge in [-0.3, -0.25) is 0 Å². The minimum absolute atomic E-state index is 0.0144. The van der Waals surface area contributed by atoms with Crippen LogP contribution in [0.25, 0.3) is 10.8 Å². The molecule has 3 aromatic rings. The normalized spacial score (nSPS) is 20.8. The molecule has 3 aromatic carbocycles. The molecule has 39 heavy (non-hydrogen) atoms. The van der Waals surface area contributed by atoms with Crippen LogP contribution in [0.15, 0.2) is 76.5 Å².